The monoisotopic (exact) mass is 394 g/mol. The zero-order valence-corrected chi connectivity index (χ0v) is 17.3. The number of hydrogen-bond donors (Lipinski definition) is 0. The first-order chi connectivity index (χ1) is 12.8. The first kappa shape index (κ1) is 21.4. The second-order valence-electron chi connectivity index (χ2n) is 6.11. The number of ether oxygens (including phenoxy) is 2. The number of fused-ring (bicyclic) bond motifs is 1. The van der Waals surface area contributed by atoms with Gasteiger partial charge in [-0.25, -0.2) is 0 Å². The fourth-order valence-electron chi connectivity index (χ4n) is 2.72. The molecule has 0 bridgehead atoms. The molecule has 148 valence electrons. The minimum absolute atomic E-state index is 0.211. The van der Waals surface area contributed by atoms with Gasteiger partial charge in [0, 0.05) is 0 Å². The lowest BCUT2D eigenvalue weighted by atomic mass is 9.98. The third-order valence-electron chi connectivity index (χ3n) is 4.28. The molecule has 2 aromatic carbocycles. The van der Waals surface area contributed by atoms with Gasteiger partial charge in [-0.15, -0.1) is 0 Å². The molecular weight excluding hydrogens is 367 g/mol. The smallest absolute Gasteiger partial charge is 0.370 e. The summed E-state index contributed by atoms with van der Waals surface area (Å²) in [6.45, 7) is 7.14. The van der Waals surface area contributed by atoms with Gasteiger partial charge in [0.2, 0.25) is 0 Å². The molecule has 0 spiro atoms. The minimum atomic E-state index is -3.50. The van der Waals surface area contributed by atoms with Crippen LogP contribution in [0.4, 0.5) is 0 Å². The maximum Gasteiger partial charge on any atom is 0.370 e. The Morgan fingerprint density at radius 1 is 1.00 bits per heavy atom. The Hall–Kier alpha value is -1.88. The molecule has 0 aliphatic carbocycles. The molecule has 0 radical (unpaired) electrons. The van der Waals surface area contributed by atoms with E-state index in [0.717, 1.165) is 22.1 Å². The van der Waals surface area contributed by atoms with Crippen molar-refractivity contribution >= 4 is 24.3 Å². The summed E-state index contributed by atoms with van der Waals surface area (Å²) in [6, 6.07) is 11.5. The third kappa shape index (κ3) is 5.10. The predicted molar refractivity (Wildman–Crippen MR) is 105 cm³/mol. The van der Waals surface area contributed by atoms with Crippen LogP contribution in [0.3, 0.4) is 0 Å². The Morgan fingerprint density at radius 2 is 1.59 bits per heavy atom. The van der Waals surface area contributed by atoms with E-state index in [1.807, 2.05) is 36.4 Å². The molecular formula is C20H27O6P. The van der Waals surface area contributed by atoms with Crippen LogP contribution in [0.15, 0.2) is 36.4 Å². The van der Waals surface area contributed by atoms with Crippen LogP contribution in [0, 0.1) is 0 Å². The van der Waals surface area contributed by atoms with Crippen LogP contribution in [0.5, 0.6) is 5.75 Å². The van der Waals surface area contributed by atoms with Crippen molar-refractivity contribution < 1.29 is 27.9 Å². The highest BCUT2D eigenvalue weighted by Gasteiger charge is 2.36. The van der Waals surface area contributed by atoms with Crippen molar-refractivity contribution in [1.29, 1.82) is 0 Å². The Balaban J connectivity index is 2.16. The van der Waals surface area contributed by atoms with Crippen molar-refractivity contribution in [3.8, 4) is 5.75 Å². The van der Waals surface area contributed by atoms with Gasteiger partial charge in [-0.2, -0.15) is 0 Å². The van der Waals surface area contributed by atoms with Crippen LogP contribution >= 0.6 is 7.60 Å². The fourth-order valence-corrected chi connectivity index (χ4v) is 4.16. The highest BCUT2D eigenvalue weighted by Crippen LogP contribution is 2.53. The van der Waals surface area contributed by atoms with Gasteiger partial charge >= 0.3 is 13.6 Å². The molecule has 7 heteroatoms. The maximum atomic E-state index is 12.7. The van der Waals surface area contributed by atoms with Crippen LogP contribution in [-0.4, -0.2) is 32.1 Å². The summed E-state index contributed by atoms with van der Waals surface area (Å²) < 4.78 is 33.8. The Kier molecular flexibility index (Phi) is 7.42. The number of methoxy groups -OCH3 is 1. The zero-order valence-electron chi connectivity index (χ0n) is 16.4. The average molecular weight is 394 g/mol. The molecule has 0 heterocycles. The van der Waals surface area contributed by atoms with E-state index in [2.05, 4.69) is 0 Å². The molecule has 6 nitrogen and oxygen atoms in total. The molecule has 2 rings (SSSR count). The number of carbonyl (C=O) groups is 1. The fraction of sp³-hybridized carbons (Fsp3) is 0.450. The predicted octanol–water partition coefficient (Wildman–Crippen LogP) is 5.11. The summed E-state index contributed by atoms with van der Waals surface area (Å²) in [6.07, 6.45) is 0. The average Bonchev–Trinajstić information content (AvgIpc) is 2.66. The molecule has 2 atom stereocenters. The second-order valence-corrected chi connectivity index (χ2v) is 8.43. The Labute approximate surface area is 160 Å². The van der Waals surface area contributed by atoms with Crippen molar-refractivity contribution in [1.82, 2.24) is 0 Å². The van der Waals surface area contributed by atoms with E-state index in [4.69, 9.17) is 18.5 Å². The standard InChI is InChI=1S/C20H27O6P/c1-6-24-27(22,25-7-2)15(4)26-20(21)14(3)16-8-9-18-13-19(23-5)11-10-17(18)12-16/h8-15H,6-7H2,1-5H3/t14-,15+/m0/s1. The number of carbonyl (C=O) groups excluding carboxylic acids is 1. The lowest BCUT2D eigenvalue weighted by Gasteiger charge is -2.24. The number of rotatable bonds is 9. The van der Waals surface area contributed by atoms with Crippen molar-refractivity contribution in [2.45, 2.75) is 39.5 Å². The normalized spacial score (nSPS) is 14.0. The van der Waals surface area contributed by atoms with Gasteiger partial charge in [0.25, 0.3) is 0 Å². The van der Waals surface area contributed by atoms with Crippen molar-refractivity contribution in [2.75, 3.05) is 20.3 Å². The highest BCUT2D eigenvalue weighted by atomic mass is 31.2. The molecule has 0 unspecified atom stereocenters. The van der Waals surface area contributed by atoms with Crippen LogP contribution < -0.4 is 4.74 Å². The Bertz CT molecular complexity index is 824. The molecule has 2 aromatic rings. The molecule has 0 N–H and O–H groups in total. The van der Waals surface area contributed by atoms with E-state index in [1.165, 1.54) is 6.92 Å². The van der Waals surface area contributed by atoms with Crippen LogP contribution in [-0.2, 0) is 23.1 Å². The van der Waals surface area contributed by atoms with Crippen molar-refractivity contribution in [3.63, 3.8) is 0 Å². The van der Waals surface area contributed by atoms with E-state index in [-0.39, 0.29) is 13.2 Å². The van der Waals surface area contributed by atoms with E-state index in [0.29, 0.717) is 0 Å². The summed E-state index contributed by atoms with van der Waals surface area (Å²) in [5, 5.41) is 2.01. The zero-order chi connectivity index (χ0) is 20.0. The maximum absolute atomic E-state index is 12.7. The molecule has 0 saturated heterocycles. The van der Waals surface area contributed by atoms with Gasteiger partial charge in [-0.05, 0) is 56.2 Å². The van der Waals surface area contributed by atoms with Gasteiger partial charge in [0.05, 0.1) is 26.2 Å². The largest absolute Gasteiger partial charge is 0.497 e. The number of esters is 1. The van der Waals surface area contributed by atoms with Gasteiger partial charge in [-0.3, -0.25) is 9.36 Å². The van der Waals surface area contributed by atoms with Gasteiger partial charge in [0.15, 0.2) is 5.85 Å². The lowest BCUT2D eigenvalue weighted by Crippen LogP contribution is -2.21. The highest BCUT2D eigenvalue weighted by molar-refractivity contribution is 7.54. The molecule has 0 saturated carbocycles. The summed E-state index contributed by atoms with van der Waals surface area (Å²) in [5.41, 5.74) is 0.813. The Morgan fingerprint density at radius 3 is 2.19 bits per heavy atom. The van der Waals surface area contributed by atoms with Crippen molar-refractivity contribution in [3.05, 3.63) is 42.0 Å². The van der Waals surface area contributed by atoms with E-state index in [9.17, 15) is 9.36 Å². The minimum Gasteiger partial charge on any atom is -0.497 e. The first-order valence-electron chi connectivity index (χ1n) is 9.01. The number of benzene rings is 2. The summed E-state index contributed by atoms with van der Waals surface area (Å²) in [4.78, 5) is 12.6. The molecule has 0 aliphatic rings. The SMILES string of the molecule is CCOP(=O)(OCC)[C@H](C)OC(=O)[C@@H](C)c1ccc2cc(OC)ccc2c1. The third-order valence-corrected chi connectivity index (χ3v) is 6.51. The number of hydrogen-bond acceptors (Lipinski definition) is 6. The molecule has 27 heavy (non-hydrogen) atoms. The van der Waals surface area contributed by atoms with Gasteiger partial charge in [0.1, 0.15) is 5.75 Å². The van der Waals surface area contributed by atoms with E-state index in [1.54, 1.807) is 27.9 Å². The molecule has 0 fully saturated rings. The van der Waals surface area contributed by atoms with Crippen LogP contribution in [0.25, 0.3) is 10.8 Å². The second kappa shape index (κ2) is 9.36. The van der Waals surface area contributed by atoms with Gasteiger partial charge < -0.3 is 18.5 Å². The summed E-state index contributed by atoms with van der Waals surface area (Å²) >= 11 is 0. The van der Waals surface area contributed by atoms with Crippen LogP contribution in [0.2, 0.25) is 0 Å². The van der Waals surface area contributed by atoms with Crippen molar-refractivity contribution in [2.24, 2.45) is 0 Å². The lowest BCUT2D eigenvalue weighted by molar-refractivity contribution is -0.147. The summed E-state index contributed by atoms with van der Waals surface area (Å²) in [5.74, 6) is -1.19. The van der Waals surface area contributed by atoms with E-state index < -0.39 is 25.3 Å². The molecule has 0 aliphatic heterocycles. The topological polar surface area (TPSA) is 71.1 Å². The molecule has 0 amide bonds. The summed E-state index contributed by atoms with van der Waals surface area (Å²) in [7, 11) is -1.88. The van der Waals surface area contributed by atoms with Gasteiger partial charge in [-0.1, -0.05) is 24.3 Å². The quantitative estimate of drug-likeness (QED) is 0.435. The first-order valence-corrected chi connectivity index (χ1v) is 10.6. The molecule has 0 aromatic heterocycles. The van der Waals surface area contributed by atoms with E-state index >= 15 is 0 Å². The van der Waals surface area contributed by atoms with Crippen LogP contribution in [0.1, 0.15) is 39.2 Å².